The summed E-state index contributed by atoms with van der Waals surface area (Å²) in [5, 5.41) is 17.6. The van der Waals surface area contributed by atoms with E-state index in [1.165, 1.54) is 48.5 Å². The summed E-state index contributed by atoms with van der Waals surface area (Å²) in [6.45, 7) is 9.77. The van der Waals surface area contributed by atoms with Gasteiger partial charge in [0.2, 0.25) is 11.5 Å². The first-order valence-electron chi connectivity index (χ1n) is 13.9. The lowest BCUT2D eigenvalue weighted by molar-refractivity contribution is -0.277. The van der Waals surface area contributed by atoms with Crippen LogP contribution in [0.5, 0.6) is 5.88 Å². The molecule has 0 aliphatic carbocycles. The van der Waals surface area contributed by atoms with E-state index in [4.69, 9.17) is 34.3 Å². The zero-order valence-corrected chi connectivity index (χ0v) is 26.0. The van der Waals surface area contributed by atoms with Gasteiger partial charge in [0, 0.05) is 0 Å². The molecule has 250 valence electrons. The summed E-state index contributed by atoms with van der Waals surface area (Å²) in [5.74, 6) is -6.28. The van der Waals surface area contributed by atoms with Crippen molar-refractivity contribution in [2.24, 2.45) is 0 Å². The zero-order chi connectivity index (χ0) is 35.2. The number of carbonyl (C=O) groups is 2. The second kappa shape index (κ2) is 12.6. The van der Waals surface area contributed by atoms with Crippen molar-refractivity contribution in [2.45, 2.75) is 115 Å². The molecule has 4 atom stereocenters. The minimum Gasteiger partial charge on any atom is -0.474 e. The van der Waals surface area contributed by atoms with E-state index in [-0.39, 0.29) is 23.8 Å². The van der Waals surface area contributed by atoms with Gasteiger partial charge in [0.25, 0.3) is 11.8 Å². The summed E-state index contributed by atoms with van der Waals surface area (Å²) in [6, 6.07) is 0.283. The first kappa shape index (κ1) is 37.0. The Bertz CT molecular complexity index is 1410. The van der Waals surface area contributed by atoms with Gasteiger partial charge in [0.05, 0.1) is 27.5 Å². The number of alkyl halides is 6. The molecule has 2 amide bonds. The van der Waals surface area contributed by atoms with Crippen LogP contribution in [0.1, 0.15) is 79.2 Å². The molecule has 2 unspecified atom stereocenters. The average Bonchev–Trinajstić information content (AvgIpc) is 3.34. The fourth-order valence-electron chi connectivity index (χ4n) is 4.19. The molecule has 1 aliphatic heterocycles. The van der Waals surface area contributed by atoms with Crippen LogP contribution >= 0.6 is 0 Å². The lowest BCUT2D eigenvalue weighted by atomic mass is 9.61. The smallest absolute Gasteiger partial charge is 0.426 e. The number of pyridine rings is 1. The molecule has 1 aliphatic rings. The Kier molecular flexibility index (Phi) is 10.1. The predicted molar refractivity (Wildman–Crippen MR) is 150 cm³/mol. The molecule has 2 aromatic heterocycles. The van der Waals surface area contributed by atoms with E-state index in [0.717, 1.165) is 0 Å². The van der Waals surface area contributed by atoms with Gasteiger partial charge in [-0.15, -0.1) is 10.2 Å². The maximum Gasteiger partial charge on any atom is 0.426 e. The van der Waals surface area contributed by atoms with E-state index in [9.17, 15) is 41.0 Å². The molecule has 3 rings (SSSR count). The molecule has 3 heterocycles. The second-order valence-electron chi connectivity index (χ2n) is 12.8. The molecule has 19 heteroatoms. The molecule has 0 fully saturated rings. The summed E-state index contributed by atoms with van der Waals surface area (Å²) >= 11 is 0. The molecular weight excluding hydrogens is 628 g/mol. The Labute approximate surface area is 263 Å². The van der Waals surface area contributed by atoms with E-state index in [1.807, 2.05) is 0 Å². The van der Waals surface area contributed by atoms with Crippen molar-refractivity contribution < 1.29 is 59.7 Å². The second-order valence-corrected chi connectivity index (χ2v) is 12.8. The number of carbonyl (C=O) groups excluding carboxylic acids is 2. The summed E-state index contributed by atoms with van der Waals surface area (Å²) in [6.07, 6.45) is -16.3. The normalized spacial score (nSPS) is 23.1. The number of halogens is 6. The minimum atomic E-state index is -5.46. The highest BCUT2D eigenvalue weighted by Crippen LogP contribution is 2.48. The standard InChI is InChI=1S/C27H32B2F6N4O7/c1-12-8-9-14(28)15(29)11-25(42,27(33,34)35)20-38-37-19(44-20)17-16(10-13(26(30,31)32)18(36-17)43-12)39(21(40)45-23(2,3)4)22(41)46-24(5,6)7/h10,12,14-15,42H,8-9,11H2,1-7H3/t12-,14?,15?,25-/m1/s1. The van der Waals surface area contributed by atoms with Crippen LogP contribution in [-0.2, 0) is 21.3 Å². The number of hydrogen-bond acceptors (Lipinski definition) is 10. The predicted octanol–water partition coefficient (Wildman–Crippen LogP) is 6.44. The first-order chi connectivity index (χ1) is 20.7. The van der Waals surface area contributed by atoms with Crippen LogP contribution < -0.4 is 9.64 Å². The van der Waals surface area contributed by atoms with Crippen molar-refractivity contribution in [3.8, 4) is 17.5 Å². The number of aromatic nitrogens is 3. The highest BCUT2D eigenvalue weighted by atomic mass is 19.4. The van der Waals surface area contributed by atoms with Gasteiger partial charge in [-0.2, -0.15) is 31.2 Å². The van der Waals surface area contributed by atoms with Gasteiger partial charge < -0.3 is 23.7 Å². The van der Waals surface area contributed by atoms with E-state index < -0.39 is 100 Å². The number of rotatable bonds is 1. The molecule has 0 aromatic carbocycles. The number of imide groups is 1. The van der Waals surface area contributed by atoms with Crippen molar-refractivity contribution in [3.63, 3.8) is 0 Å². The van der Waals surface area contributed by atoms with E-state index in [2.05, 4.69) is 15.2 Å². The maximum absolute atomic E-state index is 14.5. The molecule has 0 saturated carbocycles. The molecule has 4 bridgehead atoms. The molecule has 0 saturated heterocycles. The van der Waals surface area contributed by atoms with Crippen molar-refractivity contribution in [3.05, 3.63) is 17.5 Å². The van der Waals surface area contributed by atoms with Gasteiger partial charge >= 0.3 is 24.5 Å². The number of hydrogen-bond donors (Lipinski definition) is 1. The number of fused-ring (bicyclic) bond motifs is 5. The SMILES string of the molecule is [B]C1CC[C@@H](C)Oc2nc(c(N(C(=O)OC(C)(C)C)C(=O)OC(C)(C)C)cc2C(F)(F)F)-c2nnc(o2)[C@@](O)(C(F)(F)F)CC1[B]. The highest BCUT2D eigenvalue weighted by molar-refractivity contribution is 6.21. The molecule has 1 N–H and O–H groups in total. The van der Waals surface area contributed by atoms with Crippen molar-refractivity contribution >= 4 is 33.6 Å². The Morgan fingerprint density at radius 1 is 0.957 bits per heavy atom. The van der Waals surface area contributed by atoms with Crippen LogP contribution in [0.4, 0.5) is 41.6 Å². The van der Waals surface area contributed by atoms with Gasteiger partial charge in [-0.25, -0.2) is 14.6 Å². The zero-order valence-electron chi connectivity index (χ0n) is 26.0. The Balaban J connectivity index is 2.44. The third kappa shape index (κ3) is 8.45. The van der Waals surface area contributed by atoms with Crippen LogP contribution in [0, 0.1) is 0 Å². The van der Waals surface area contributed by atoms with Gasteiger partial charge in [-0.3, -0.25) is 0 Å². The van der Waals surface area contributed by atoms with E-state index in [1.54, 1.807) is 0 Å². The average molecular weight is 660 g/mol. The Morgan fingerprint density at radius 3 is 1.98 bits per heavy atom. The largest absolute Gasteiger partial charge is 0.474 e. The number of ether oxygens (including phenoxy) is 3. The monoisotopic (exact) mass is 660 g/mol. The highest BCUT2D eigenvalue weighted by Gasteiger charge is 2.59. The fourth-order valence-corrected chi connectivity index (χ4v) is 4.19. The van der Waals surface area contributed by atoms with Crippen LogP contribution in [-0.4, -0.2) is 71.6 Å². The number of amides is 2. The quantitative estimate of drug-likeness (QED) is 0.269. The van der Waals surface area contributed by atoms with Crippen LogP contribution in [0.15, 0.2) is 10.5 Å². The number of nitrogens with zero attached hydrogens (tertiary/aromatic N) is 4. The van der Waals surface area contributed by atoms with Crippen molar-refractivity contribution in [2.75, 3.05) is 4.90 Å². The molecule has 11 nitrogen and oxygen atoms in total. The lowest BCUT2D eigenvalue weighted by Gasteiger charge is -2.33. The summed E-state index contributed by atoms with van der Waals surface area (Å²) < 4.78 is 107. The Hall–Kier alpha value is -3.50. The molecule has 2 aromatic rings. The summed E-state index contributed by atoms with van der Waals surface area (Å²) in [7, 11) is 11.9. The van der Waals surface area contributed by atoms with Crippen molar-refractivity contribution in [1.82, 2.24) is 15.2 Å². The van der Waals surface area contributed by atoms with Gasteiger partial charge in [0.15, 0.2) is 5.69 Å². The lowest BCUT2D eigenvalue weighted by Crippen LogP contribution is -2.44. The molecular formula is C27H32B2F6N4O7. The van der Waals surface area contributed by atoms with Crippen LogP contribution in [0.2, 0.25) is 11.6 Å². The van der Waals surface area contributed by atoms with Gasteiger partial charge in [-0.1, -0.05) is 18.1 Å². The third-order valence-electron chi connectivity index (χ3n) is 6.42. The maximum atomic E-state index is 14.5. The summed E-state index contributed by atoms with van der Waals surface area (Å²) in [4.78, 5) is 30.6. The first-order valence-corrected chi connectivity index (χ1v) is 13.9. The molecule has 0 spiro atoms. The van der Waals surface area contributed by atoms with Crippen molar-refractivity contribution in [1.29, 1.82) is 0 Å². The topological polar surface area (TPSA) is 137 Å². The van der Waals surface area contributed by atoms with Crippen LogP contribution in [0.3, 0.4) is 0 Å². The minimum absolute atomic E-state index is 0.0547. The fraction of sp³-hybridized carbons (Fsp3) is 0.667. The summed E-state index contributed by atoms with van der Waals surface area (Å²) in [5.41, 5.74) is -9.99. The third-order valence-corrected chi connectivity index (χ3v) is 6.42. The molecule has 46 heavy (non-hydrogen) atoms. The van der Waals surface area contributed by atoms with Gasteiger partial charge in [-0.05, 0) is 67.4 Å². The number of anilines is 1. The van der Waals surface area contributed by atoms with E-state index >= 15 is 0 Å². The Morgan fingerprint density at radius 2 is 1.50 bits per heavy atom. The van der Waals surface area contributed by atoms with Crippen LogP contribution in [0.25, 0.3) is 11.6 Å². The van der Waals surface area contributed by atoms with E-state index in [0.29, 0.717) is 0 Å². The molecule has 4 radical (unpaired) electrons. The number of aliphatic hydroxyl groups is 1. The van der Waals surface area contributed by atoms with Gasteiger partial charge in [0.1, 0.15) is 16.8 Å².